The number of urea groups is 1. The minimum absolute atomic E-state index is 0.0453. The van der Waals surface area contributed by atoms with E-state index in [1.807, 2.05) is 83.1 Å². The molecule has 1 N–H and O–H groups in total. The zero-order chi connectivity index (χ0) is 16.6. The van der Waals surface area contributed by atoms with Crippen molar-refractivity contribution in [1.82, 2.24) is 10.2 Å². The Balaban J connectivity index is 1.69. The second kappa shape index (κ2) is 8.31. The summed E-state index contributed by atoms with van der Waals surface area (Å²) in [6, 6.07) is 24.1. The van der Waals surface area contributed by atoms with E-state index < -0.39 is 0 Å². The summed E-state index contributed by atoms with van der Waals surface area (Å²) in [6.07, 6.45) is 0. The molecule has 0 radical (unpaired) electrons. The van der Waals surface area contributed by atoms with Crippen molar-refractivity contribution < 1.29 is 4.79 Å². The highest BCUT2D eigenvalue weighted by Crippen LogP contribution is 2.12. The van der Waals surface area contributed by atoms with Crippen LogP contribution in [0.25, 0.3) is 0 Å². The highest BCUT2D eigenvalue weighted by atomic mass is 32.1. The molecule has 4 heteroatoms. The van der Waals surface area contributed by atoms with Crippen LogP contribution in [-0.2, 0) is 19.6 Å². The quantitative estimate of drug-likeness (QED) is 0.697. The smallest absolute Gasteiger partial charge is 0.318 e. The lowest BCUT2D eigenvalue weighted by Gasteiger charge is -2.23. The van der Waals surface area contributed by atoms with Crippen molar-refractivity contribution in [2.24, 2.45) is 0 Å². The maximum Gasteiger partial charge on any atom is 0.318 e. The lowest BCUT2D eigenvalue weighted by atomic mass is 10.2. The standard InChI is InChI=1S/C20H20N2OS/c23-20(21-14-19-12-7-13-24-19)22(15-17-8-3-1-4-9-17)16-18-10-5-2-6-11-18/h1-13H,14-16H2,(H,21,23). The SMILES string of the molecule is O=C(NCc1cccs1)N(Cc1ccccc1)Cc1ccccc1. The molecule has 0 unspecified atom stereocenters. The first-order valence-corrected chi connectivity index (χ1v) is 8.82. The molecule has 0 saturated heterocycles. The molecule has 0 spiro atoms. The van der Waals surface area contributed by atoms with Gasteiger partial charge in [0, 0.05) is 18.0 Å². The number of thiophene rings is 1. The molecule has 1 aromatic heterocycles. The van der Waals surface area contributed by atoms with Gasteiger partial charge in [-0.15, -0.1) is 11.3 Å². The van der Waals surface area contributed by atoms with E-state index in [2.05, 4.69) is 5.32 Å². The number of benzene rings is 2. The van der Waals surface area contributed by atoms with Gasteiger partial charge in [0.15, 0.2) is 0 Å². The van der Waals surface area contributed by atoms with E-state index in [4.69, 9.17) is 0 Å². The molecule has 0 aliphatic rings. The lowest BCUT2D eigenvalue weighted by Crippen LogP contribution is -2.38. The molecule has 0 fully saturated rings. The van der Waals surface area contributed by atoms with Crippen molar-refractivity contribution in [2.75, 3.05) is 0 Å². The summed E-state index contributed by atoms with van der Waals surface area (Å²) in [4.78, 5) is 15.7. The largest absolute Gasteiger partial charge is 0.333 e. The molecule has 122 valence electrons. The van der Waals surface area contributed by atoms with Crippen molar-refractivity contribution in [1.29, 1.82) is 0 Å². The molecule has 0 bridgehead atoms. The molecule has 0 aliphatic heterocycles. The molecule has 2 aromatic carbocycles. The summed E-state index contributed by atoms with van der Waals surface area (Å²) in [7, 11) is 0. The van der Waals surface area contributed by atoms with Gasteiger partial charge < -0.3 is 10.2 Å². The van der Waals surface area contributed by atoms with Crippen molar-refractivity contribution in [3.8, 4) is 0 Å². The average Bonchev–Trinajstić information content (AvgIpc) is 3.14. The van der Waals surface area contributed by atoms with E-state index in [1.54, 1.807) is 11.3 Å². The van der Waals surface area contributed by atoms with E-state index in [0.717, 1.165) is 16.0 Å². The van der Waals surface area contributed by atoms with Gasteiger partial charge in [-0.1, -0.05) is 66.7 Å². The molecular formula is C20H20N2OS. The summed E-state index contributed by atoms with van der Waals surface area (Å²) in [5, 5.41) is 5.04. The fraction of sp³-hybridized carbons (Fsp3) is 0.150. The highest BCUT2D eigenvalue weighted by Gasteiger charge is 2.14. The predicted molar refractivity (Wildman–Crippen MR) is 98.7 cm³/mol. The van der Waals surface area contributed by atoms with Gasteiger partial charge >= 0.3 is 6.03 Å². The summed E-state index contributed by atoms with van der Waals surface area (Å²) in [5.41, 5.74) is 2.25. The van der Waals surface area contributed by atoms with Gasteiger partial charge in [0.1, 0.15) is 0 Å². The summed E-state index contributed by atoms with van der Waals surface area (Å²) in [6.45, 7) is 1.74. The Labute approximate surface area is 146 Å². The van der Waals surface area contributed by atoms with Crippen molar-refractivity contribution in [2.45, 2.75) is 19.6 Å². The molecule has 2 amide bonds. The molecule has 3 rings (SSSR count). The first-order valence-electron chi connectivity index (χ1n) is 7.94. The Kier molecular flexibility index (Phi) is 5.64. The van der Waals surface area contributed by atoms with Crippen LogP contribution in [0, 0.1) is 0 Å². The van der Waals surface area contributed by atoms with E-state index in [9.17, 15) is 4.79 Å². The molecule has 0 saturated carbocycles. The third-order valence-corrected chi connectivity index (χ3v) is 4.59. The minimum atomic E-state index is -0.0453. The maximum atomic E-state index is 12.7. The number of amides is 2. The van der Waals surface area contributed by atoms with E-state index >= 15 is 0 Å². The molecule has 3 aromatic rings. The Bertz CT molecular complexity index is 700. The summed E-state index contributed by atoms with van der Waals surface area (Å²) >= 11 is 1.65. The van der Waals surface area contributed by atoms with E-state index in [-0.39, 0.29) is 6.03 Å². The average molecular weight is 336 g/mol. The van der Waals surface area contributed by atoms with Crippen LogP contribution in [0.1, 0.15) is 16.0 Å². The number of nitrogens with zero attached hydrogens (tertiary/aromatic N) is 1. The van der Waals surface area contributed by atoms with Crippen LogP contribution in [0.4, 0.5) is 4.79 Å². The fourth-order valence-corrected chi connectivity index (χ4v) is 3.14. The first kappa shape index (κ1) is 16.3. The second-order valence-corrected chi connectivity index (χ2v) is 6.60. The molecule has 0 atom stereocenters. The van der Waals surface area contributed by atoms with Crippen LogP contribution in [0.2, 0.25) is 0 Å². The Hall–Kier alpha value is -2.59. The third-order valence-electron chi connectivity index (χ3n) is 3.71. The fourth-order valence-electron chi connectivity index (χ4n) is 2.49. The summed E-state index contributed by atoms with van der Waals surface area (Å²) in [5.74, 6) is 0. The number of carbonyl (C=O) groups excluding carboxylic acids is 1. The topological polar surface area (TPSA) is 32.3 Å². The number of carbonyl (C=O) groups is 1. The van der Waals surface area contributed by atoms with Crippen molar-refractivity contribution >= 4 is 17.4 Å². The van der Waals surface area contributed by atoms with Gasteiger partial charge in [-0.05, 0) is 22.6 Å². The second-order valence-electron chi connectivity index (χ2n) is 5.57. The number of nitrogens with one attached hydrogen (secondary N) is 1. The molecule has 3 nitrogen and oxygen atoms in total. The molecule has 0 aliphatic carbocycles. The van der Waals surface area contributed by atoms with Gasteiger partial charge in [0.05, 0.1) is 6.54 Å². The van der Waals surface area contributed by atoms with Gasteiger partial charge in [-0.3, -0.25) is 0 Å². The van der Waals surface area contributed by atoms with Crippen molar-refractivity contribution in [3.05, 3.63) is 94.2 Å². The van der Waals surface area contributed by atoms with Crippen LogP contribution in [0.3, 0.4) is 0 Å². The first-order chi connectivity index (χ1) is 11.8. The van der Waals surface area contributed by atoms with Crippen LogP contribution in [0.5, 0.6) is 0 Å². The van der Waals surface area contributed by atoms with Gasteiger partial charge in [-0.2, -0.15) is 0 Å². The Morgan fingerprint density at radius 1 is 0.833 bits per heavy atom. The van der Waals surface area contributed by atoms with E-state index in [1.165, 1.54) is 0 Å². The highest BCUT2D eigenvalue weighted by molar-refractivity contribution is 7.09. The van der Waals surface area contributed by atoms with Crippen LogP contribution in [0.15, 0.2) is 78.2 Å². The maximum absolute atomic E-state index is 12.7. The monoisotopic (exact) mass is 336 g/mol. The zero-order valence-corrected chi connectivity index (χ0v) is 14.2. The zero-order valence-electron chi connectivity index (χ0n) is 13.4. The predicted octanol–water partition coefficient (Wildman–Crippen LogP) is 4.66. The van der Waals surface area contributed by atoms with Crippen LogP contribution >= 0.6 is 11.3 Å². The van der Waals surface area contributed by atoms with Gasteiger partial charge in [0.2, 0.25) is 0 Å². The minimum Gasteiger partial charge on any atom is -0.333 e. The number of rotatable bonds is 6. The number of hydrogen-bond acceptors (Lipinski definition) is 2. The van der Waals surface area contributed by atoms with Gasteiger partial charge in [0.25, 0.3) is 0 Å². The molecule has 24 heavy (non-hydrogen) atoms. The van der Waals surface area contributed by atoms with Crippen LogP contribution in [-0.4, -0.2) is 10.9 Å². The van der Waals surface area contributed by atoms with Crippen molar-refractivity contribution in [3.63, 3.8) is 0 Å². The van der Waals surface area contributed by atoms with Crippen LogP contribution < -0.4 is 5.32 Å². The third kappa shape index (κ3) is 4.70. The molecule has 1 heterocycles. The number of hydrogen-bond donors (Lipinski definition) is 1. The Morgan fingerprint density at radius 2 is 1.42 bits per heavy atom. The normalized spacial score (nSPS) is 10.3. The molecular weight excluding hydrogens is 316 g/mol. The summed E-state index contributed by atoms with van der Waals surface area (Å²) < 4.78 is 0. The lowest BCUT2D eigenvalue weighted by molar-refractivity contribution is 0.192. The van der Waals surface area contributed by atoms with E-state index in [0.29, 0.717) is 19.6 Å². The Morgan fingerprint density at radius 3 is 1.92 bits per heavy atom. The van der Waals surface area contributed by atoms with Gasteiger partial charge in [-0.25, -0.2) is 4.79 Å².